The highest BCUT2D eigenvalue weighted by atomic mass is 32.1. The molecule has 0 aliphatic carbocycles. The van der Waals surface area contributed by atoms with Gasteiger partial charge in [0.15, 0.2) is 0 Å². The molecule has 92 valence electrons. The summed E-state index contributed by atoms with van der Waals surface area (Å²) in [6.07, 6.45) is 0. The molecule has 0 heterocycles. The molecule has 2 nitrogen and oxygen atoms in total. The van der Waals surface area contributed by atoms with E-state index in [9.17, 15) is 9.18 Å². The molecule has 1 amide bonds. The Bertz CT molecular complexity index is 578. The first-order chi connectivity index (χ1) is 8.58. The van der Waals surface area contributed by atoms with E-state index in [2.05, 4.69) is 17.9 Å². The molecule has 0 atom stereocenters. The summed E-state index contributed by atoms with van der Waals surface area (Å²) in [7, 11) is 0. The molecule has 0 bridgehead atoms. The third-order valence-electron chi connectivity index (χ3n) is 2.57. The van der Waals surface area contributed by atoms with Gasteiger partial charge in [-0.25, -0.2) is 4.39 Å². The zero-order chi connectivity index (χ0) is 13.1. The van der Waals surface area contributed by atoms with Crippen molar-refractivity contribution < 1.29 is 9.18 Å². The summed E-state index contributed by atoms with van der Waals surface area (Å²) in [4.78, 5) is 12.6. The van der Waals surface area contributed by atoms with Crippen LogP contribution in [0, 0.1) is 12.7 Å². The Morgan fingerprint density at radius 1 is 1.22 bits per heavy atom. The van der Waals surface area contributed by atoms with Crippen LogP contribution in [-0.4, -0.2) is 5.91 Å². The average Bonchev–Trinajstić information content (AvgIpc) is 2.34. The molecule has 1 N–H and O–H groups in total. The van der Waals surface area contributed by atoms with Crippen molar-refractivity contribution in [2.24, 2.45) is 0 Å². The smallest absolute Gasteiger partial charge is 0.255 e. The van der Waals surface area contributed by atoms with E-state index in [1.165, 1.54) is 6.07 Å². The SMILES string of the molecule is Cc1cccc(F)c1NC(=O)c1cccc(S)c1. The zero-order valence-electron chi connectivity index (χ0n) is 9.77. The number of anilines is 1. The van der Waals surface area contributed by atoms with Crippen LogP contribution in [0.25, 0.3) is 0 Å². The van der Waals surface area contributed by atoms with Crippen molar-refractivity contribution in [1.29, 1.82) is 0 Å². The number of carbonyl (C=O) groups excluding carboxylic acids is 1. The number of benzene rings is 2. The van der Waals surface area contributed by atoms with E-state index in [1.807, 2.05) is 0 Å². The van der Waals surface area contributed by atoms with Crippen molar-refractivity contribution >= 4 is 24.2 Å². The molecular weight excluding hydrogens is 249 g/mol. The Balaban J connectivity index is 2.27. The first-order valence-electron chi connectivity index (χ1n) is 5.43. The number of hydrogen-bond donors (Lipinski definition) is 2. The fourth-order valence-electron chi connectivity index (χ4n) is 1.62. The summed E-state index contributed by atoms with van der Waals surface area (Å²) in [5.41, 5.74) is 1.35. The molecule has 2 aromatic rings. The maximum Gasteiger partial charge on any atom is 0.255 e. The highest BCUT2D eigenvalue weighted by Crippen LogP contribution is 2.20. The molecule has 0 fully saturated rings. The number of aryl methyl sites for hydroxylation is 1. The van der Waals surface area contributed by atoms with E-state index in [1.54, 1.807) is 43.3 Å². The van der Waals surface area contributed by atoms with Gasteiger partial charge in [-0.1, -0.05) is 18.2 Å². The molecule has 0 saturated carbocycles. The lowest BCUT2D eigenvalue weighted by molar-refractivity contribution is 0.102. The number of amides is 1. The van der Waals surface area contributed by atoms with Crippen LogP contribution in [0.15, 0.2) is 47.4 Å². The highest BCUT2D eigenvalue weighted by Gasteiger charge is 2.11. The molecule has 0 radical (unpaired) electrons. The molecule has 18 heavy (non-hydrogen) atoms. The summed E-state index contributed by atoms with van der Waals surface area (Å²) in [6.45, 7) is 1.74. The number of hydrogen-bond acceptors (Lipinski definition) is 2. The molecule has 4 heteroatoms. The Labute approximate surface area is 110 Å². The fourth-order valence-corrected chi connectivity index (χ4v) is 1.85. The standard InChI is InChI=1S/C14H12FNOS/c1-9-4-2-7-12(15)13(9)16-14(17)10-5-3-6-11(18)8-10/h2-8,18H,1H3,(H,16,17). The van der Waals surface area contributed by atoms with Crippen molar-refractivity contribution in [3.8, 4) is 0 Å². The van der Waals surface area contributed by atoms with E-state index in [0.29, 0.717) is 16.0 Å². The summed E-state index contributed by atoms with van der Waals surface area (Å²) in [5, 5.41) is 2.57. The number of thiol groups is 1. The van der Waals surface area contributed by atoms with Gasteiger partial charge in [0.1, 0.15) is 5.82 Å². The molecule has 0 aromatic heterocycles. The van der Waals surface area contributed by atoms with Crippen LogP contribution in [0.2, 0.25) is 0 Å². The Morgan fingerprint density at radius 2 is 1.94 bits per heavy atom. The number of nitrogens with one attached hydrogen (secondary N) is 1. The fraction of sp³-hybridized carbons (Fsp3) is 0.0714. The quantitative estimate of drug-likeness (QED) is 0.793. The lowest BCUT2D eigenvalue weighted by Crippen LogP contribution is -2.13. The van der Waals surface area contributed by atoms with Gasteiger partial charge in [0.25, 0.3) is 5.91 Å². The second kappa shape index (κ2) is 5.23. The monoisotopic (exact) mass is 261 g/mol. The molecule has 0 aliphatic rings. The third-order valence-corrected chi connectivity index (χ3v) is 2.85. The van der Waals surface area contributed by atoms with Gasteiger partial charge in [0, 0.05) is 10.5 Å². The molecular formula is C14H12FNOS. The predicted molar refractivity (Wildman–Crippen MR) is 72.8 cm³/mol. The van der Waals surface area contributed by atoms with Gasteiger partial charge in [-0.2, -0.15) is 0 Å². The Kier molecular flexibility index (Phi) is 3.67. The van der Waals surface area contributed by atoms with Crippen molar-refractivity contribution in [3.05, 3.63) is 59.4 Å². The molecule has 0 saturated heterocycles. The minimum absolute atomic E-state index is 0.215. The summed E-state index contributed by atoms with van der Waals surface area (Å²) >= 11 is 4.16. The second-order valence-corrected chi connectivity index (χ2v) is 4.45. The highest BCUT2D eigenvalue weighted by molar-refractivity contribution is 7.80. The van der Waals surface area contributed by atoms with Gasteiger partial charge >= 0.3 is 0 Å². The summed E-state index contributed by atoms with van der Waals surface area (Å²) in [5.74, 6) is -0.788. The minimum Gasteiger partial charge on any atom is -0.319 e. The molecule has 0 unspecified atom stereocenters. The Hall–Kier alpha value is -1.81. The van der Waals surface area contributed by atoms with Crippen LogP contribution < -0.4 is 5.32 Å². The van der Waals surface area contributed by atoms with E-state index in [0.717, 1.165) is 0 Å². The Morgan fingerprint density at radius 3 is 2.61 bits per heavy atom. The van der Waals surface area contributed by atoms with Gasteiger partial charge in [-0.05, 0) is 36.8 Å². The number of carbonyl (C=O) groups is 1. The van der Waals surface area contributed by atoms with Crippen LogP contribution in [0.1, 0.15) is 15.9 Å². The van der Waals surface area contributed by atoms with Gasteiger partial charge in [0.2, 0.25) is 0 Å². The van der Waals surface area contributed by atoms with E-state index >= 15 is 0 Å². The maximum absolute atomic E-state index is 13.6. The van der Waals surface area contributed by atoms with Crippen LogP contribution in [0.3, 0.4) is 0 Å². The lowest BCUT2D eigenvalue weighted by Gasteiger charge is -2.09. The maximum atomic E-state index is 13.6. The van der Waals surface area contributed by atoms with Gasteiger partial charge in [0.05, 0.1) is 5.69 Å². The van der Waals surface area contributed by atoms with Crippen LogP contribution in [-0.2, 0) is 0 Å². The predicted octanol–water partition coefficient (Wildman–Crippen LogP) is 3.68. The van der Waals surface area contributed by atoms with E-state index in [4.69, 9.17) is 0 Å². The normalized spacial score (nSPS) is 10.2. The number of para-hydroxylation sites is 1. The first-order valence-corrected chi connectivity index (χ1v) is 5.88. The number of rotatable bonds is 2. The second-order valence-electron chi connectivity index (χ2n) is 3.94. The van der Waals surface area contributed by atoms with Crippen LogP contribution in [0.5, 0.6) is 0 Å². The average molecular weight is 261 g/mol. The van der Waals surface area contributed by atoms with Crippen molar-refractivity contribution in [3.63, 3.8) is 0 Å². The summed E-state index contributed by atoms with van der Waals surface area (Å²) in [6, 6.07) is 11.5. The van der Waals surface area contributed by atoms with Crippen molar-refractivity contribution in [2.75, 3.05) is 5.32 Å². The van der Waals surface area contributed by atoms with Crippen LogP contribution in [0.4, 0.5) is 10.1 Å². The zero-order valence-corrected chi connectivity index (χ0v) is 10.7. The topological polar surface area (TPSA) is 29.1 Å². The minimum atomic E-state index is -0.439. The van der Waals surface area contributed by atoms with Crippen LogP contribution >= 0.6 is 12.6 Å². The van der Waals surface area contributed by atoms with Gasteiger partial charge in [-0.15, -0.1) is 12.6 Å². The van der Waals surface area contributed by atoms with Crippen molar-refractivity contribution in [2.45, 2.75) is 11.8 Å². The third kappa shape index (κ3) is 2.71. The molecule has 2 aromatic carbocycles. The van der Waals surface area contributed by atoms with Crippen molar-refractivity contribution in [1.82, 2.24) is 0 Å². The first kappa shape index (κ1) is 12.6. The number of halogens is 1. The molecule has 0 spiro atoms. The lowest BCUT2D eigenvalue weighted by atomic mass is 10.1. The molecule has 0 aliphatic heterocycles. The largest absolute Gasteiger partial charge is 0.319 e. The summed E-state index contributed by atoms with van der Waals surface area (Å²) < 4.78 is 13.6. The van der Waals surface area contributed by atoms with Gasteiger partial charge < -0.3 is 5.32 Å². The van der Waals surface area contributed by atoms with E-state index < -0.39 is 5.82 Å². The van der Waals surface area contributed by atoms with Gasteiger partial charge in [-0.3, -0.25) is 4.79 Å². The van der Waals surface area contributed by atoms with E-state index in [-0.39, 0.29) is 11.6 Å². The molecule has 2 rings (SSSR count).